The Bertz CT molecular complexity index is 1470. The van der Waals surface area contributed by atoms with Crippen LogP contribution in [0.4, 0.5) is 24.5 Å². The monoisotopic (exact) mass is 648 g/mol. The van der Waals surface area contributed by atoms with Gasteiger partial charge in [-0.3, -0.25) is 9.78 Å². The zero-order valence-electron chi connectivity index (χ0n) is 25.2. The summed E-state index contributed by atoms with van der Waals surface area (Å²) in [6.07, 6.45) is -1.50. The molecule has 0 aliphatic carbocycles. The Kier molecular flexibility index (Phi) is 12.7. The molecule has 0 saturated carbocycles. The summed E-state index contributed by atoms with van der Waals surface area (Å²) in [6.45, 7) is 5.31. The van der Waals surface area contributed by atoms with Gasteiger partial charge in [-0.25, -0.2) is 9.78 Å². The molecule has 3 aromatic rings. The Morgan fingerprint density at radius 1 is 0.957 bits per heavy atom. The maximum Gasteiger partial charge on any atom is 0.416 e. The molecule has 0 radical (unpaired) electrons. The fraction of sp³-hybridized carbons (Fsp3) is 0.419. The lowest BCUT2D eigenvalue weighted by Gasteiger charge is -2.30. The van der Waals surface area contributed by atoms with Crippen LogP contribution in [-0.2, 0) is 29.9 Å². The number of carboxylic acids is 1. The summed E-state index contributed by atoms with van der Waals surface area (Å²) in [5.74, 6) is -1.33. The Balaban J connectivity index is 1.39. The molecule has 2 N–H and O–H groups in total. The largest absolute Gasteiger partial charge is 0.480 e. The van der Waals surface area contributed by atoms with Crippen LogP contribution in [0.15, 0.2) is 48.8 Å². The molecular weight excluding hydrogens is 613 g/mol. The number of hydrogen-bond acceptors (Lipinski definition) is 10. The van der Waals surface area contributed by atoms with E-state index in [1.165, 1.54) is 18.3 Å². The van der Waals surface area contributed by atoms with Gasteiger partial charge in [0.05, 0.1) is 63.7 Å². The summed E-state index contributed by atoms with van der Waals surface area (Å²) in [4.78, 5) is 34.3. The average molecular weight is 649 g/mol. The van der Waals surface area contributed by atoms with Gasteiger partial charge in [0.15, 0.2) is 0 Å². The van der Waals surface area contributed by atoms with E-state index in [2.05, 4.69) is 20.2 Å². The molecule has 0 bridgehead atoms. The van der Waals surface area contributed by atoms with Gasteiger partial charge in [-0.05, 0) is 37.3 Å². The van der Waals surface area contributed by atoms with E-state index < -0.39 is 23.6 Å². The first-order valence-corrected chi connectivity index (χ1v) is 14.5. The first-order chi connectivity index (χ1) is 22.1. The third kappa shape index (κ3) is 10.4. The van der Waals surface area contributed by atoms with E-state index in [0.29, 0.717) is 67.9 Å². The molecule has 1 saturated heterocycles. The SMILES string of the molecule is Cc1ncc(NC(=O)c2cccc(C(F)(F)F)c2)cc1-c1cnc(OCCOCCOCCOCC(=O)O)c(N2CCOCC2)c1. The molecule has 2 aromatic heterocycles. The smallest absolute Gasteiger partial charge is 0.416 e. The highest BCUT2D eigenvalue weighted by Crippen LogP contribution is 2.34. The topological polar surface area (TPSA) is 142 Å². The van der Waals surface area contributed by atoms with E-state index in [-0.39, 0.29) is 38.6 Å². The third-order valence-electron chi connectivity index (χ3n) is 6.73. The van der Waals surface area contributed by atoms with E-state index in [9.17, 15) is 22.8 Å². The second-order valence-electron chi connectivity index (χ2n) is 10.1. The fourth-order valence-electron chi connectivity index (χ4n) is 4.46. The third-order valence-corrected chi connectivity index (χ3v) is 6.73. The van der Waals surface area contributed by atoms with Crippen LogP contribution in [0.25, 0.3) is 11.1 Å². The van der Waals surface area contributed by atoms with Gasteiger partial charge in [0.25, 0.3) is 5.91 Å². The summed E-state index contributed by atoms with van der Waals surface area (Å²) in [5, 5.41) is 11.2. The van der Waals surface area contributed by atoms with Gasteiger partial charge in [0.2, 0.25) is 5.88 Å². The number of halogens is 3. The molecule has 0 atom stereocenters. The second-order valence-corrected chi connectivity index (χ2v) is 10.1. The van der Waals surface area contributed by atoms with E-state index in [1.54, 1.807) is 19.2 Å². The van der Waals surface area contributed by atoms with Gasteiger partial charge in [-0.15, -0.1) is 0 Å². The van der Waals surface area contributed by atoms with Crippen molar-refractivity contribution >= 4 is 23.3 Å². The molecular formula is C31H35F3N4O8. The van der Waals surface area contributed by atoms with Gasteiger partial charge in [-0.2, -0.15) is 13.2 Å². The van der Waals surface area contributed by atoms with Gasteiger partial charge < -0.3 is 39.0 Å². The number of morpholine rings is 1. The van der Waals surface area contributed by atoms with E-state index >= 15 is 0 Å². The first-order valence-electron chi connectivity index (χ1n) is 14.5. The highest BCUT2D eigenvalue weighted by atomic mass is 19.4. The average Bonchev–Trinajstić information content (AvgIpc) is 3.04. The van der Waals surface area contributed by atoms with Crippen molar-refractivity contribution < 1.29 is 51.6 Å². The quantitative estimate of drug-likeness (QED) is 0.217. The molecule has 1 aliphatic heterocycles. The van der Waals surface area contributed by atoms with Crippen molar-refractivity contribution in [3.8, 4) is 17.0 Å². The van der Waals surface area contributed by atoms with Crippen molar-refractivity contribution in [2.45, 2.75) is 13.1 Å². The number of nitrogens with one attached hydrogen (secondary N) is 1. The summed E-state index contributed by atoms with van der Waals surface area (Å²) in [7, 11) is 0. The molecule has 46 heavy (non-hydrogen) atoms. The van der Waals surface area contributed by atoms with Crippen LogP contribution in [-0.4, -0.2) is 99.5 Å². The maximum atomic E-state index is 13.1. The molecule has 1 amide bonds. The van der Waals surface area contributed by atoms with Crippen LogP contribution >= 0.6 is 0 Å². The number of pyridine rings is 2. The summed E-state index contributed by atoms with van der Waals surface area (Å²) < 4.78 is 66.7. The number of anilines is 2. The number of nitrogens with zero attached hydrogens (tertiary/aromatic N) is 3. The van der Waals surface area contributed by atoms with Crippen LogP contribution in [0.3, 0.4) is 0 Å². The number of aryl methyl sites for hydroxylation is 1. The minimum Gasteiger partial charge on any atom is -0.480 e. The predicted molar refractivity (Wildman–Crippen MR) is 160 cm³/mol. The van der Waals surface area contributed by atoms with Crippen molar-refractivity contribution in [1.29, 1.82) is 0 Å². The van der Waals surface area contributed by atoms with Crippen molar-refractivity contribution in [2.75, 3.05) is 82.8 Å². The molecule has 4 rings (SSSR count). The van der Waals surface area contributed by atoms with Gasteiger partial charge in [0, 0.05) is 41.7 Å². The number of aromatic nitrogens is 2. The van der Waals surface area contributed by atoms with E-state index in [4.69, 9.17) is 28.8 Å². The van der Waals surface area contributed by atoms with Crippen molar-refractivity contribution in [2.24, 2.45) is 0 Å². The van der Waals surface area contributed by atoms with Crippen LogP contribution in [0, 0.1) is 6.92 Å². The Morgan fingerprint density at radius 2 is 1.65 bits per heavy atom. The highest BCUT2D eigenvalue weighted by Gasteiger charge is 2.31. The van der Waals surface area contributed by atoms with Gasteiger partial charge in [-0.1, -0.05) is 6.07 Å². The summed E-state index contributed by atoms with van der Waals surface area (Å²) in [5.41, 5.74) is 2.04. The summed E-state index contributed by atoms with van der Waals surface area (Å²) in [6, 6.07) is 7.82. The number of ether oxygens (including phenoxy) is 5. The zero-order valence-corrected chi connectivity index (χ0v) is 25.2. The number of carbonyl (C=O) groups excluding carboxylic acids is 1. The number of amides is 1. The minimum atomic E-state index is -4.57. The number of carbonyl (C=O) groups is 2. The molecule has 15 heteroatoms. The standard InChI is InChI=1S/C31H35F3N4O8/c1-21-26(17-25(19-35-21)37-29(41)22-3-2-4-24(15-22)31(32,33)34)23-16-27(38-5-7-42-8-6-38)30(36-18-23)46-14-13-44-10-9-43-11-12-45-20-28(39)40/h2-4,15-19H,5-14,20H2,1H3,(H,37,41)(H,39,40). The molecule has 1 aliphatic rings. The lowest BCUT2D eigenvalue weighted by atomic mass is 10.0. The maximum absolute atomic E-state index is 13.1. The van der Waals surface area contributed by atoms with Gasteiger partial charge in [0.1, 0.15) is 18.9 Å². The molecule has 0 unspecified atom stereocenters. The highest BCUT2D eigenvalue weighted by molar-refractivity contribution is 6.04. The molecule has 0 spiro atoms. The molecule has 248 valence electrons. The minimum absolute atomic E-state index is 0.131. The second kappa shape index (κ2) is 16.8. The predicted octanol–water partition coefficient (Wildman–Crippen LogP) is 4.07. The molecule has 1 aromatic carbocycles. The van der Waals surface area contributed by atoms with Crippen LogP contribution in [0.5, 0.6) is 5.88 Å². The normalized spacial score (nSPS) is 13.4. The fourth-order valence-corrected chi connectivity index (χ4v) is 4.46. The van der Waals surface area contributed by atoms with E-state index in [0.717, 1.165) is 17.8 Å². The van der Waals surface area contributed by atoms with Crippen LogP contribution < -0.4 is 15.0 Å². The summed E-state index contributed by atoms with van der Waals surface area (Å²) >= 11 is 0. The zero-order chi connectivity index (χ0) is 32.9. The number of alkyl halides is 3. The molecule has 3 heterocycles. The van der Waals surface area contributed by atoms with Crippen LogP contribution in [0.2, 0.25) is 0 Å². The van der Waals surface area contributed by atoms with Crippen LogP contribution in [0.1, 0.15) is 21.6 Å². The van der Waals surface area contributed by atoms with Crippen molar-refractivity contribution in [1.82, 2.24) is 9.97 Å². The van der Waals surface area contributed by atoms with Crippen molar-refractivity contribution in [3.05, 3.63) is 65.6 Å². The van der Waals surface area contributed by atoms with Crippen molar-refractivity contribution in [3.63, 3.8) is 0 Å². The number of rotatable bonds is 16. The number of carboxylic acid groups (broad SMARTS) is 1. The Morgan fingerprint density at radius 3 is 2.35 bits per heavy atom. The first kappa shape index (κ1) is 34.6. The number of benzene rings is 1. The Hall–Kier alpha value is -4.31. The van der Waals surface area contributed by atoms with Gasteiger partial charge >= 0.3 is 12.1 Å². The van der Waals surface area contributed by atoms with E-state index in [1.807, 2.05) is 6.07 Å². The molecule has 1 fully saturated rings. The lowest BCUT2D eigenvalue weighted by molar-refractivity contribution is -0.142. The molecule has 12 nitrogen and oxygen atoms in total. The lowest BCUT2D eigenvalue weighted by Crippen LogP contribution is -2.36. The number of aliphatic carboxylic acids is 1. The number of hydrogen-bond donors (Lipinski definition) is 2. The Labute approximate surface area is 263 Å².